The second-order valence-electron chi connectivity index (χ2n) is 5.71. The Bertz CT molecular complexity index is 639. The van der Waals surface area contributed by atoms with E-state index in [4.69, 9.17) is 11.6 Å². The van der Waals surface area contributed by atoms with Gasteiger partial charge in [-0.05, 0) is 42.0 Å². The number of carbonyl (C=O) groups excluding carboxylic acids is 1. The van der Waals surface area contributed by atoms with Crippen molar-refractivity contribution >= 4 is 39.2 Å². The normalized spacial score (nSPS) is 11.1. The first-order valence-electron chi connectivity index (χ1n) is 6.93. The standard InChI is InChI=1S/C17H18BrClN2O/c1-17(2,12-3-7-14(19)8-4-12)11-20-16(22)21-15-9-5-13(18)6-10-15/h3-10H,11H2,1-2H3,(H2,20,21,22). The molecule has 0 atom stereocenters. The minimum Gasteiger partial charge on any atom is -0.337 e. The van der Waals surface area contributed by atoms with Crippen LogP contribution in [0.1, 0.15) is 19.4 Å². The van der Waals surface area contributed by atoms with Crippen LogP contribution in [0, 0.1) is 0 Å². The summed E-state index contributed by atoms with van der Waals surface area (Å²) in [6.45, 7) is 4.68. The largest absolute Gasteiger partial charge is 0.337 e. The molecule has 0 saturated carbocycles. The molecular weight excluding hydrogens is 364 g/mol. The number of benzene rings is 2. The number of hydrogen-bond acceptors (Lipinski definition) is 1. The summed E-state index contributed by atoms with van der Waals surface area (Å²) in [5, 5.41) is 6.42. The lowest BCUT2D eigenvalue weighted by Gasteiger charge is -2.25. The van der Waals surface area contributed by atoms with Crippen LogP contribution in [0.3, 0.4) is 0 Å². The van der Waals surface area contributed by atoms with Crippen LogP contribution < -0.4 is 10.6 Å². The van der Waals surface area contributed by atoms with E-state index in [1.165, 1.54) is 0 Å². The lowest BCUT2D eigenvalue weighted by molar-refractivity contribution is 0.249. The Morgan fingerprint density at radius 3 is 2.27 bits per heavy atom. The molecule has 22 heavy (non-hydrogen) atoms. The molecule has 116 valence electrons. The van der Waals surface area contributed by atoms with Crippen LogP contribution in [0.2, 0.25) is 5.02 Å². The predicted octanol–water partition coefficient (Wildman–Crippen LogP) is 5.20. The van der Waals surface area contributed by atoms with Crippen molar-refractivity contribution in [1.82, 2.24) is 5.32 Å². The van der Waals surface area contributed by atoms with Crippen LogP contribution in [0.4, 0.5) is 10.5 Å². The molecule has 0 aromatic heterocycles. The van der Waals surface area contributed by atoms with Gasteiger partial charge in [0, 0.05) is 27.1 Å². The van der Waals surface area contributed by atoms with Crippen molar-refractivity contribution in [2.75, 3.05) is 11.9 Å². The van der Waals surface area contributed by atoms with Gasteiger partial charge in [0.25, 0.3) is 0 Å². The molecule has 0 aliphatic carbocycles. The molecule has 3 nitrogen and oxygen atoms in total. The highest BCUT2D eigenvalue weighted by atomic mass is 79.9. The Morgan fingerprint density at radius 1 is 1.09 bits per heavy atom. The predicted molar refractivity (Wildman–Crippen MR) is 95.6 cm³/mol. The summed E-state index contributed by atoms with van der Waals surface area (Å²) >= 11 is 9.27. The SMILES string of the molecule is CC(C)(CNC(=O)Nc1ccc(Br)cc1)c1ccc(Cl)cc1. The Hall–Kier alpha value is -1.52. The number of carbonyl (C=O) groups is 1. The van der Waals surface area contributed by atoms with Gasteiger partial charge in [0.1, 0.15) is 0 Å². The topological polar surface area (TPSA) is 41.1 Å². The molecule has 0 heterocycles. The maximum atomic E-state index is 12.0. The van der Waals surface area contributed by atoms with Crippen molar-refractivity contribution in [3.05, 3.63) is 63.6 Å². The van der Waals surface area contributed by atoms with Crippen molar-refractivity contribution in [3.8, 4) is 0 Å². The fourth-order valence-corrected chi connectivity index (χ4v) is 2.40. The number of anilines is 1. The Labute approximate surface area is 144 Å². The quantitative estimate of drug-likeness (QED) is 0.750. The molecule has 0 saturated heterocycles. The molecule has 0 aliphatic heterocycles. The van der Waals surface area contributed by atoms with E-state index in [2.05, 4.69) is 40.4 Å². The second-order valence-corrected chi connectivity index (χ2v) is 7.06. The molecule has 0 aliphatic rings. The zero-order valence-corrected chi connectivity index (χ0v) is 14.8. The fraction of sp³-hybridized carbons (Fsp3) is 0.235. The Kier molecular flexibility index (Phi) is 5.48. The van der Waals surface area contributed by atoms with Gasteiger partial charge < -0.3 is 10.6 Å². The summed E-state index contributed by atoms with van der Waals surface area (Å²) in [5.74, 6) is 0. The molecular formula is C17H18BrClN2O. The van der Waals surface area contributed by atoms with Crippen LogP contribution in [0.5, 0.6) is 0 Å². The zero-order valence-electron chi connectivity index (χ0n) is 12.5. The first-order chi connectivity index (χ1) is 10.4. The molecule has 2 aromatic carbocycles. The molecule has 2 aromatic rings. The van der Waals surface area contributed by atoms with Crippen molar-refractivity contribution in [3.63, 3.8) is 0 Å². The first-order valence-corrected chi connectivity index (χ1v) is 8.10. The lowest BCUT2D eigenvalue weighted by Crippen LogP contribution is -2.38. The third-order valence-corrected chi connectivity index (χ3v) is 4.20. The molecule has 0 fully saturated rings. The summed E-state index contributed by atoms with van der Waals surface area (Å²) < 4.78 is 0.974. The van der Waals surface area contributed by atoms with Crippen molar-refractivity contribution in [2.24, 2.45) is 0 Å². The van der Waals surface area contributed by atoms with Crippen LogP contribution >= 0.6 is 27.5 Å². The summed E-state index contributed by atoms with van der Waals surface area (Å²) in [6, 6.07) is 14.9. The molecule has 0 radical (unpaired) electrons. The van der Waals surface area contributed by atoms with Crippen molar-refractivity contribution < 1.29 is 4.79 Å². The van der Waals surface area contributed by atoms with Gasteiger partial charge in [-0.1, -0.05) is 53.5 Å². The van der Waals surface area contributed by atoms with Crippen molar-refractivity contribution in [2.45, 2.75) is 19.3 Å². The molecule has 2 N–H and O–H groups in total. The number of halogens is 2. The minimum absolute atomic E-state index is 0.179. The lowest BCUT2D eigenvalue weighted by atomic mass is 9.85. The van der Waals surface area contributed by atoms with E-state index >= 15 is 0 Å². The fourth-order valence-electron chi connectivity index (χ4n) is 2.01. The number of nitrogens with one attached hydrogen (secondary N) is 2. The summed E-state index contributed by atoms with van der Waals surface area (Å²) in [4.78, 5) is 12.0. The van der Waals surface area contributed by atoms with Gasteiger partial charge in [0.15, 0.2) is 0 Å². The van der Waals surface area contributed by atoms with E-state index in [0.717, 1.165) is 15.7 Å². The first kappa shape index (κ1) is 16.8. The van der Waals surface area contributed by atoms with Crippen LogP contribution in [0.15, 0.2) is 53.0 Å². The summed E-state index contributed by atoms with van der Waals surface area (Å²) in [6.07, 6.45) is 0. The molecule has 5 heteroatoms. The van der Waals surface area contributed by atoms with E-state index in [-0.39, 0.29) is 11.4 Å². The van der Waals surface area contributed by atoms with Gasteiger partial charge in [0.2, 0.25) is 0 Å². The van der Waals surface area contributed by atoms with Crippen LogP contribution in [-0.4, -0.2) is 12.6 Å². The maximum absolute atomic E-state index is 12.0. The highest BCUT2D eigenvalue weighted by Crippen LogP contribution is 2.24. The van der Waals surface area contributed by atoms with Gasteiger partial charge >= 0.3 is 6.03 Å². The van der Waals surface area contributed by atoms with Gasteiger partial charge in [0.05, 0.1) is 0 Å². The third kappa shape index (κ3) is 4.75. The summed E-state index contributed by atoms with van der Waals surface area (Å²) in [7, 11) is 0. The van der Waals surface area contributed by atoms with Crippen LogP contribution in [0.25, 0.3) is 0 Å². The highest BCUT2D eigenvalue weighted by Gasteiger charge is 2.21. The van der Waals surface area contributed by atoms with Crippen molar-refractivity contribution in [1.29, 1.82) is 0 Å². The van der Waals surface area contributed by atoms with E-state index < -0.39 is 0 Å². The Balaban J connectivity index is 1.92. The number of amides is 2. The third-order valence-electron chi connectivity index (χ3n) is 3.42. The minimum atomic E-state index is -0.218. The average molecular weight is 382 g/mol. The van der Waals surface area contributed by atoms with Gasteiger partial charge in [-0.15, -0.1) is 0 Å². The average Bonchev–Trinajstić information content (AvgIpc) is 2.48. The van der Waals surface area contributed by atoms with E-state index in [1.54, 1.807) is 0 Å². The molecule has 0 spiro atoms. The molecule has 0 unspecified atom stereocenters. The van der Waals surface area contributed by atoms with Gasteiger partial charge in [-0.25, -0.2) is 4.79 Å². The molecule has 2 amide bonds. The van der Waals surface area contributed by atoms with Gasteiger partial charge in [-0.2, -0.15) is 0 Å². The molecule has 2 rings (SSSR count). The van der Waals surface area contributed by atoms with Crippen LogP contribution in [-0.2, 0) is 5.41 Å². The highest BCUT2D eigenvalue weighted by molar-refractivity contribution is 9.10. The van der Waals surface area contributed by atoms with E-state index in [9.17, 15) is 4.79 Å². The van der Waals surface area contributed by atoms with Gasteiger partial charge in [-0.3, -0.25) is 0 Å². The smallest absolute Gasteiger partial charge is 0.319 e. The number of hydrogen-bond donors (Lipinski definition) is 2. The number of rotatable bonds is 4. The molecule has 0 bridgehead atoms. The monoisotopic (exact) mass is 380 g/mol. The second kappa shape index (κ2) is 7.16. The zero-order chi connectivity index (χ0) is 16.2. The van der Waals surface area contributed by atoms with E-state index in [0.29, 0.717) is 11.6 Å². The number of urea groups is 1. The Morgan fingerprint density at radius 2 is 1.68 bits per heavy atom. The maximum Gasteiger partial charge on any atom is 0.319 e. The summed E-state index contributed by atoms with van der Waals surface area (Å²) in [5.41, 5.74) is 1.70. The van der Waals surface area contributed by atoms with E-state index in [1.807, 2.05) is 48.5 Å².